The molecule has 1 amide bonds. The van der Waals surface area contributed by atoms with Gasteiger partial charge in [-0.25, -0.2) is 0 Å². The Morgan fingerprint density at radius 2 is 1.74 bits per heavy atom. The van der Waals surface area contributed by atoms with Crippen LogP contribution >= 0.6 is 31.9 Å². The number of benzene rings is 2. The Labute approximate surface area is 128 Å². The number of halogens is 2. The second-order valence-electron chi connectivity index (χ2n) is 3.88. The molecule has 0 aromatic heterocycles. The molecule has 0 heterocycles. The van der Waals surface area contributed by atoms with E-state index in [-0.39, 0.29) is 5.91 Å². The van der Waals surface area contributed by atoms with Crippen LogP contribution in [0.4, 0.5) is 5.69 Å². The minimum absolute atomic E-state index is 0.152. The molecule has 2 rings (SSSR count). The minimum atomic E-state index is -0.152. The van der Waals surface area contributed by atoms with Crippen molar-refractivity contribution in [2.24, 2.45) is 0 Å². The van der Waals surface area contributed by atoms with Gasteiger partial charge in [-0.05, 0) is 42.0 Å². The van der Waals surface area contributed by atoms with E-state index in [0.717, 1.165) is 20.2 Å². The van der Waals surface area contributed by atoms with Crippen LogP contribution in [0, 0.1) is 0 Å². The van der Waals surface area contributed by atoms with Gasteiger partial charge in [-0.1, -0.05) is 50.1 Å². The smallest absolute Gasteiger partial charge is 0.248 e. The standard InChI is InChI=1S/C15H11Br2NO/c16-12-7-4-11(5-8-12)6-9-15(19)18-14-3-1-2-13(17)10-14/h1-10H,(H,18,19)/b9-6+. The van der Waals surface area contributed by atoms with Gasteiger partial charge in [0.05, 0.1) is 0 Å². The molecule has 1 N–H and O–H groups in total. The van der Waals surface area contributed by atoms with Crippen molar-refractivity contribution >= 4 is 49.5 Å². The van der Waals surface area contributed by atoms with E-state index in [1.54, 1.807) is 6.08 Å². The number of anilines is 1. The Balaban J connectivity index is 1.99. The third-order valence-corrected chi connectivity index (χ3v) is 3.41. The van der Waals surface area contributed by atoms with Gasteiger partial charge >= 0.3 is 0 Å². The third kappa shape index (κ3) is 4.65. The molecular formula is C15H11Br2NO. The molecule has 4 heteroatoms. The summed E-state index contributed by atoms with van der Waals surface area (Å²) >= 11 is 6.73. The first kappa shape index (κ1) is 14.0. The first-order valence-electron chi connectivity index (χ1n) is 5.64. The lowest BCUT2D eigenvalue weighted by Crippen LogP contribution is -2.07. The summed E-state index contributed by atoms with van der Waals surface area (Å²) in [5.41, 5.74) is 1.74. The molecule has 2 aromatic rings. The Morgan fingerprint density at radius 3 is 2.42 bits per heavy atom. The van der Waals surface area contributed by atoms with Gasteiger partial charge in [0.1, 0.15) is 0 Å². The summed E-state index contributed by atoms with van der Waals surface area (Å²) < 4.78 is 1.95. The average molecular weight is 381 g/mol. The number of hydrogen-bond donors (Lipinski definition) is 1. The molecule has 0 saturated carbocycles. The Hall–Kier alpha value is -1.39. The van der Waals surface area contributed by atoms with E-state index in [1.165, 1.54) is 6.08 Å². The van der Waals surface area contributed by atoms with Crippen LogP contribution in [-0.2, 0) is 4.79 Å². The number of rotatable bonds is 3. The molecule has 0 fully saturated rings. The zero-order valence-corrected chi connectivity index (χ0v) is 13.1. The number of carbonyl (C=O) groups is 1. The topological polar surface area (TPSA) is 29.1 Å². The average Bonchev–Trinajstić information content (AvgIpc) is 2.38. The number of hydrogen-bond acceptors (Lipinski definition) is 1. The largest absolute Gasteiger partial charge is 0.322 e. The van der Waals surface area contributed by atoms with Crippen molar-refractivity contribution in [1.29, 1.82) is 0 Å². The lowest BCUT2D eigenvalue weighted by atomic mass is 10.2. The first-order chi connectivity index (χ1) is 9.13. The van der Waals surface area contributed by atoms with Crippen LogP contribution in [-0.4, -0.2) is 5.91 Å². The Morgan fingerprint density at radius 1 is 1.00 bits per heavy atom. The van der Waals surface area contributed by atoms with Crippen molar-refractivity contribution < 1.29 is 4.79 Å². The predicted molar refractivity (Wildman–Crippen MR) is 85.9 cm³/mol. The summed E-state index contributed by atoms with van der Waals surface area (Å²) in [5.74, 6) is -0.152. The second kappa shape index (κ2) is 6.68. The Kier molecular flexibility index (Phi) is 4.93. The van der Waals surface area contributed by atoms with Crippen molar-refractivity contribution in [1.82, 2.24) is 0 Å². The van der Waals surface area contributed by atoms with Gasteiger partial charge in [0, 0.05) is 20.7 Å². The van der Waals surface area contributed by atoms with Crippen LogP contribution in [0.2, 0.25) is 0 Å². The predicted octanol–water partition coefficient (Wildman–Crippen LogP) is 4.86. The quantitative estimate of drug-likeness (QED) is 0.756. The molecule has 0 radical (unpaired) electrons. The lowest BCUT2D eigenvalue weighted by molar-refractivity contribution is -0.111. The fraction of sp³-hybridized carbons (Fsp3) is 0. The Bertz CT molecular complexity index is 606. The van der Waals surface area contributed by atoms with E-state index in [9.17, 15) is 4.79 Å². The molecule has 0 aliphatic rings. The molecule has 96 valence electrons. The number of nitrogens with one attached hydrogen (secondary N) is 1. The van der Waals surface area contributed by atoms with Gasteiger partial charge in [0.2, 0.25) is 5.91 Å². The van der Waals surface area contributed by atoms with Crippen LogP contribution in [0.3, 0.4) is 0 Å². The zero-order chi connectivity index (χ0) is 13.7. The summed E-state index contributed by atoms with van der Waals surface area (Å²) in [6, 6.07) is 15.2. The summed E-state index contributed by atoms with van der Waals surface area (Å²) in [7, 11) is 0. The molecular weight excluding hydrogens is 370 g/mol. The highest BCUT2D eigenvalue weighted by molar-refractivity contribution is 9.10. The molecule has 0 aliphatic heterocycles. The van der Waals surface area contributed by atoms with E-state index >= 15 is 0 Å². The summed E-state index contributed by atoms with van der Waals surface area (Å²) in [5, 5.41) is 2.80. The third-order valence-electron chi connectivity index (χ3n) is 2.39. The zero-order valence-electron chi connectivity index (χ0n) is 9.94. The summed E-state index contributed by atoms with van der Waals surface area (Å²) in [6.45, 7) is 0. The van der Waals surface area contributed by atoms with Gasteiger partial charge in [0.15, 0.2) is 0 Å². The lowest BCUT2D eigenvalue weighted by Gasteiger charge is -2.02. The maximum Gasteiger partial charge on any atom is 0.248 e. The fourth-order valence-corrected chi connectivity index (χ4v) is 2.16. The highest BCUT2D eigenvalue weighted by Gasteiger charge is 1.98. The van der Waals surface area contributed by atoms with Crippen molar-refractivity contribution in [3.05, 3.63) is 69.1 Å². The molecule has 0 atom stereocenters. The molecule has 2 aromatic carbocycles. The normalized spacial score (nSPS) is 10.6. The van der Waals surface area contributed by atoms with Gasteiger partial charge in [0.25, 0.3) is 0 Å². The summed E-state index contributed by atoms with van der Waals surface area (Å²) in [6.07, 6.45) is 3.30. The molecule has 0 aliphatic carbocycles. The first-order valence-corrected chi connectivity index (χ1v) is 7.22. The van der Waals surface area contributed by atoms with Gasteiger partial charge in [-0.15, -0.1) is 0 Å². The molecule has 0 unspecified atom stereocenters. The second-order valence-corrected chi connectivity index (χ2v) is 5.72. The molecule has 0 saturated heterocycles. The van der Waals surface area contributed by atoms with E-state index in [4.69, 9.17) is 0 Å². The van der Waals surface area contributed by atoms with Gasteiger partial charge < -0.3 is 5.32 Å². The van der Waals surface area contributed by atoms with Crippen LogP contribution in [0.25, 0.3) is 6.08 Å². The van der Waals surface area contributed by atoms with Gasteiger partial charge in [-0.3, -0.25) is 4.79 Å². The van der Waals surface area contributed by atoms with Crippen LogP contribution in [0.15, 0.2) is 63.6 Å². The van der Waals surface area contributed by atoms with Crippen molar-refractivity contribution in [3.8, 4) is 0 Å². The monoisotopic (exact) mass is 379 g/mol. The van der Waals surface area contributed by atoms with Gasteiger partial charge in [-0.2, -0.15) is 0 Å². The maximum absolute atomic E-state index is 11.7. The SMILES string of the molecule is O=C(/C=C/c1ccc(Br)cc1)Nc1cccc(Br)c1. The van der Waals surface area contributed by atoms with Crippen LogP contribution in [0.5, 0.6) is 0 Å². The molecule has 2 nitrogen and oxygen atoms in total. The highest BCUT2D eigenvalue weighted by atomic mass is 79.9. The van der Waals surface area contributed by atoms with E-state index < -0.39 is 0 Å². The summed E-state index contributed by atoms with van der Waals surface area (Å²) in [4.78, 5) is 11.7. The van der Waals surface area contributed by atoms with Crippen molar-refractivity contribution in [2.45, 2.75) is 0 Å². The maximum atomic E-state index is 11.7. The van der Waals surface area contributed by atoms with Crippen LogP contribution in [0.1, 0.15) is 5.56 Å². The number of carbonyl (C=O) groups excluding carboxylic acids is 1. The van der Waals surface area contributed by atoms with Crippen LogP contribution < -0.4 is 5.32 Å². The van der Waals surface area contributed by atoms with E-state index in [1.807, 2.05) is 48.5 Å². The minimum Gasteiger partial charge on any atom is -0.322 e. The van der Waals surface area contributed by atoms with Crippen molar-refractivity contribution in [3.63, 3.8) is 0 Å². The van der Waals surface area contributed by atoms with E-state index in [0.29, 0.717) is 0 Å². The highest BCUT2D eigenvalue weighted by Crippen LogP contribution is 2.16. The van der Waals surface area contributed by atoms with Crippen molar-refractivity contribution in [2.75, 3.05) is 5.32 Å². The molecule has 19 heavy (non-hydrogen) atoms. The molecule has 0 bridgehead atoms. The number of amides is 1. The van der Waals surface area contributed by atoms with E-state index in [2.05, 4.69) is 37.2 Å². The fourth-order valence-electron chi connectivity index (χ4n) is 1.50. The molecule has 0 spiro atoms.